The van der Waals surface area contributed by atoms with Gasteiger partial charge in [0.1, 0.15) is 5.75 Å². The number of benzene rings is 1. The van der Waals surface area contributed by atoms with E-state index in [1.54, 1.807) is 0 Å². The molecule has 2 rings (SSSR count). The highest BCUT2D eigenvalue weighted by Gasteiger charge is 2.22. The Morgan fingerprint density at radius 1 is 1.50 bits per heavy atom. The first-order valence-corrected chi connectivity index (χ1v) is 7.16. The lowest BCUT2D eigenvalue weighted by Gasteiger charge is -2.27. The summed E-state index contributed by atoms with van der Waals surface area (Å²) in [7, 11) is 0. The van der Waals surface area contributed by atoms with Crippen LogP contribution in [0.5, 0.6) is 5.75 Å². The first kappa shape index (κ1) is 13.2. The van der Waals surface area contributed by atoms with Gasteiger partial charge in [0.05, 0.1) is 12.3 Å². The van der Waals surface area contributed by atoms with Gasteiger partial charge < -0.3 is 9.84 Å². The van der Waals surface area contributed by atoms with Crippen LogP contribution < -0.4 is 9.64 Å². The number of nitrogens with zero attached hydrogens (tertiary/aromatic N) is 1. The Hall–Kier alpha value is -1.23. The molecule has 0 saturated heterocycles. The first-order valence-electron chi connectivity index (χ1n) is 6.04. The quantitative estimate of drug-likeness (QED) is 0.685. The van der Waals surface area contributed by atoms with Gasteiger partial charge in [0.2, 0.25) is 0 Å². The maximum atomic E-state index is 11.1. The van der Waals surface area contributed by atoms with Crippen LogP contribution in [0.15, 0.2) is 18.2 Å². The monoisotopic (exact) mass is 313 g/mol. The molecule has 1 aliphatic rings. The standard InChI is InChI=1S/C13H16BrNO3/c14-6-2-8-18-11-4-5-12-10(9-11)3-1-7-15(12)13(16)17/h4-5,9H,1-3,6-8H2,(H,16,17). The number of carbonyl (C=O) groups is 1. The van der Waals surface area contributed by atoms with Gasteiger partial charge in [0.15, 0.2) is 0 Å². The van der Waals surface area contributed by atoms with Gasteiger partial charge in [-0.3, -0.25) is 4.90 Å². The fourth-order valence-electron chi connectivity index (χ4n) is 2.11. The summed E-state index contributed by atoms with van der Waals surface area (Å²) in [6.45, 7) is 1.25. The van der Waals surface area contributed by atoms with E-state index in [9.17, 15) is 4.79 Å². The SMILES string of the molecule is O=C(O)N1CCCc2cc(OCCCBr)ccc21. The molecule has 0 fully saturated rings. The highest BCUT2D eigenvalue weighted by atomic mass is 79.9. The summed E-state index contributed by atoms with van der Waals surface area (Å²) in [6.07, 6.45) is 1.85. The zero-order chi connectivity index (χ0) is 13.0. The molecule has 1 aromatic carbocycles. The largest absolute Gasteiger partial charge is 0.494 e. The number of anilines is 1. The van der Waals surface area contributed by atoms with E-state index < -0.39 is 6.09 Å². The minimum absolute atomic E-state index is 0.576. The fourth-order valence-corrected chi connectivity index (χ4v) is 2.34. The molecule has 0 aromatic heterocycles. The van der Waals surface area contributed by atoms with Crippen LogP contribution in [0.4, 0.5) is 10.5 Å². The number of fused-ring (bicyclic) bond motifs is 1. The summed E-state index contributed by atoms with van der Waals surface area (Å²) in [5, 5.41) is 10.0. The van der Waals surface area contributed by atoms with Gasteiger partial charge in [-0.25, -0.2) is 4.79 Å². The van der Waals surface area contributed by atoms with Crippen molar-refractivity contribution in [3.8, 4) is 5.75 Å². The third-order valence-corrected chi connectivity index (χ3v) is 3.51. The van der Waals surface area contributed by atoms with Gasteiger partial charge in [-0.2, -0.15) is 0 Å². The van der Waals surface area contributed by atoms with Gasteiger partial charge in [0, 0.05) is 11.9 Å². The second-order valence-electron chi connectivity index (χ2n) is 4.22. The van der Waals surface area contributed by atoms with Gasteiger partial charge >= 0.3 is 6.09 Å². The Morgan fingerprint density at radius 3 is 3.06 bits per heavy atom. The molecule has 0 unspecified atom stereocenters. The van der Waals surface area contributed by atoms with Crippen molar-refractivity contribution >= 4 is 27.7 Å². The Bertz CT molecular complexity index is 436. The van der Waals surface area contributed by atoms with Crippen LogP contribution in [0.3, 0.4) is 0 Å². The molecule has 0 bridgehead atoms. The van der Waals surface area contributed by atoms with Crippen molar-refractivity contribution < 1.29 is 14.6 Å². The molecule has 0 spiro atoms. The van der Waals surface area contributed by atoms with Crippen molar-refractivity contribution in [3.63, 3.8) is 0 Å². The molecule has 4 nitrogen and oxygen atoms in total. The molecular formula is C13H16BrNO3. The van der Waals surface area contributed by atoms with Gasteiger partial charge in [-0.1, -0.05) is 15.9 Å². The minimum atomic E-state index is -0.885. The van der Waals surface area contributed by atoms with Crippen LogP contribution in [0.25, 0.3) is 0 Å². The number of aryl methyl sites for hydroxylation is 1. The van der Waals surface area contributed by atoms with E-state index in [0.717, 1.165) is 41.6 Å². The summed E-state index contributed by atoms with van der Waals surface area (Å²) >= 11 is 3.35. The van der Waals surface area contributed by atoms with E-state index >= 15 is 0 Å². The molecule has 5 heteroatoms. The molecule has 1 amide bonds. The second-order valence-corrected chi connectivity index (χ2v) is 5.01. The number of halogens is 1. The van der Waals surface area contributed by atoms with E-state index in [2.05, 4.69) is 15.9 Å². The third kappa shape index (κ3) is 2.96. The minimum Gasteiger partial charge on any atom is -0.494 e. The number of ether oxygens (including phenoxy) is 1. The summed E-state index contributed by atoms with van der Waals surface area (Å²) in [5.74, 6) is 0.821. The Kier molecular flexibility index (Phi) is 4.47. The first-order chi connectivity index (χ1) is 8.72. The lowest BCUT2D eigenvalue weighted by atomic mass is 10.0. The predicted molar refractivity (Wildman–Crippen MR) is 74.0 cm³/mol. The average Bonchev–Trinajstić information content (AvgIpc) is 2.38. The van der Waals surface area contributed by atoms with Crippen LogP contribution in [-0.4, -0.2) is 29.7 Å². The average molecular weight is 314 g/mol. The van der Waals surface area contributed by atoms with Crippen LogP contribution in [0, 0.1) is 0 Å². The lowest BCUT2D eigenvalue weighted by Crippen LogP contribution is -2.34. The Morgan fingerprint density at radius 2 is 2.33 bits per heavy atom. The highest BCUT2D eigenvalue weighted by Crippen LogP contribution is 2.30. The van der Waals surface area contributed by atoms with Gasteiger partial charge in [0.25, 0.3) is 0 Å². The molecule has 0 atom stereocenters. The van der Waals surface area contributed by atoms with Crippen molar-refractivity contribution in [1.29, 1.82) is 0 Å². The Labute approximate surface area is 115 Å². The van der Waals surface area contributed by atoms with E-state index in [4.69, 9.17) is 9.84 Å². The molecule has 1 heterocycles. The number of alkyl halides is 1. The Balaban J connectivity index is 2.14. The second kappa shape index (κ2) is 6.09. The van der Waals surface area contributed by atoms with Crippen LogP contribution in [-0.2, 0) is 6.42 Å². The number of rotatable bonds is 4. The number of hydrogen-bond donors (Lipinski definition) is 1. The van der Waals surface area contributed by atoms with Gasteiger partial charge in [-0.15, -0.1) is 0 Å². The zero-order valence-corrected chi connectivity index (χ0v) is 11.6. The molecule has 18 heavy (non-hydrogen) atoms. The molecule has 1 aliphatic heterocycles. The normalized spacial score (nSPS) is 14.2. The number of amides is 1. The molecule has 98 valence electrons. The lowest BCUT2D eigenvalue weighted by molar-refractivity contribution is 0.201. The maximum absolute atomic E-state index is 11.1. The summed E-state index contributed by atoms with van der Waals surface area (Å²) in [4.78, 5) is 12.5. The molecule has 0 saturated carbocycles. The summed E-state index contributed by atoms with van der Waals surface area (Å²) in [5.41, 5.74) is 1.85. The van der Waals surface area contributed by atoms with Crippen LogP contribution in [0.1, 0.15) is 18.4 Å². The fraction of sp³-hybridized carbons (Fsp3) is 0.462. The zero-order valence-electron chi connectivity index (χ0n) is 10.1. The van der Waals surface area contributed by atoms with Crippen LogP contribution in [0.2, 0.25) is 0 Å². The van der Waals surface area contributed by atoms with E-state index in [1.807, 2.05) is 18.2 Å². The summed E-state index contributed by atoms with van der Waals surface area (Å²) in [6, 6.07) is 5.64. The molecule has 0 aliphatic carbocycles. The van der Waals surface area contributed by atoms with Gasteiger partial charge in [-0.05, 0) is 43.0 Å². The maximum Gasteiger partial charge on any atom is 0.411 e. The van der Waals surface area contributed by atoms with E-state index in [1.165, 1.54) is 4.90 Å². The van der Waals surface area contributed by atoms with E-state index in [0.29, 0.717) is 13.2 Å². The topological polar surface area (TPSA) is 49.8 Å². The van der Waals surface area contributed by atoms with Crippen molar-refractivity contribution in [1.82, 2.24) is 0 Å². The molecule has 0 radical (unpaired) electrons. The summed E-state index contributed by atoms with van der Waals surface area (Å²) < 4.78 is 5.61. The van der Waals surface area contributed by atoms with Crippen molar-refractivity contribution in [3.05, 3.63) is 23.8 Å². The van der Waals surface area contributed by atoms with Crippen molar-refractivity contribution in [2.45, 2.75) is 19.3 Å². The predicted octanol–water partition coefficient (Wildman–Crippen LogP) is 3.28. The van der Waals surface area contributed by atoms with Crippen molar-refractivity contribution in [2.24, 2.45) is 0 Å². The number of hydrogen-bond acceptors (Lipinski definition) is 2. The third-order valence-electron chi connectivity index (χ3n) is 2.95. The van der Waals surface area contributed by atoms with Crippen LogP contribution >= 0.6 is 15.9 Å². The van der Waals surface area contributed by atoms with Crippen molar-refractivity contribution in [2.75, 3.05) is 23.4 Å². The van der Waals surface area contributed by atoms with E-state index in [-0.39, 0.29) is 0 Å². The molecule has 1 N–H and O–H groups in total. The molecule has 1 aromatic rings. The molecular weight excluding hydrogens is 298 g/mol. The highest BCUT2D eigenvalue weighted by molar-refractivity contribution is 9.09. The number of carboxylic acid groups (broad SMARTS) is 1. The smallest absolute Gasteiger partial charge is 0.411 e.